The van der Waals surface area contributed by atoms with E-state index in [4.69, 9.17) is 5.26 Å². The fourth-order valence-electron chi connectivity index (χ4n) is 2.57. The van der Waals surface area contributed by atoms with Crippen molar-refractivity contribution in [1.82, 2.24) is 9.88 Å². The van der Waals surface area contributed by atoms with Gasteiger partial charge in [0.05, 0.1) is 0 Å². The summed E-state index contributed by atoms with van der Waals surface area (Å²) in [5, 5.41) is 9.04. The van der Waals surface area contributed by atoms with Crippen molar-refractivity contribution in [2.24, 2.45) is 5.92 Å². The molecule has 2 rings (SSSR count). The van der Waals surface area contributed by atoms with E-state index in [0.717, 1.165) is 23.8 Å². The highest BCUT2D eigenvalue weighted by molar-refractivity contribution is 5.44. The van der Waals surface area contributed by atoms with Gasteiger partial charge in [0, 0.05) is 13.6 Å². The zero-order valence-corrected chi connectivity index (χ0v) is 12.1. The fourth-order valence-corrected chi connectivity index (χ4v) is 2.57. The van der Waals surface area contributed by atoms with Crippen molar-refractivity contribution >= 4 is 5.82 Å². The Morgan fingerprint density at radius 1 is 1.42 bits per heavy atom. The summed E-state index contributed by atoms with van der Waals surface area (Å²) in [6.45, 7) is 5.31. The van der Waals surface area contributed by atoms with E-state index in [1.54, 1.807) is 0 Å². The molecule has 1 fully saturated rings. The molecule has 0 spiro atoms. The lowest BCUT2D eigenvalue weighted by atomic mass is 9.97. The van der Waals surface area contributed by atoms with Crippen LogP contribution in [0.15, 0.2) is 12.1 Å². The number of aryl methyl sites for hydroxylation is 1. The summed E-state index contributed by atoms with van der Waals surface area (Å²) in [6.07, 6.45) is 2.50. The number of hydrogen-bond donors (Lipinski definition) is 0. The molecule has 1 aromatic heterocycles. The maximum atomic E-state index is 9.04. The van der Waals surface area contributed by atoms with Crippen molar-refractivity contribution < 1.29 is 0 Å². The predicted molar refractivity (Wildman–Crippen MR) is 77.2 cm³/mol. The highest BCUT2D eigenvalue weighted by atomic mass is 15.2. The summed E-state index contributed by atoms with van der Waals surface area (Å²) in [4.78, 5) is 8.99. The Morgan fingerprint density at radius 2 is 2.11 bits per heavy atom. The Bertz CT molecular complexity index is 470. The van der Waals surface area contributed by atoms with E-state index in [0.29, 0.717) is 5.69 Å². The Kier molecular flexibility index (Phi) is 4.39. The molecule has 2 heterocycles. The van der Waals surface area contributed by atoms with Crippen LogP contribution in [0.5, 0.6) is 0 Å². The maximum Gasteiger partial charge on any atom is 0.145 e. The van der Waals surface area contributed by atoms with Gasteiger partial charge in [-0.15, -0.1) is 0 Å². The average molecular weight is 258 g/mol. The largest absolute Gasteiger partial charge is 0.359 e. The number of piperidine rings is 1. The third kappa shape index (κ3) is 3.45. The van der Waals surface area contributed by atoms with Crippen molar-refractivity contribution in [3.8, 4) is 6.07 Å². The predicted octanol–water partition coefficient (Wildman–Crippen LogP) is 2.04. The summed E-state index contributed by atoms with van der Waals surface area (Å²) in [7, 11) is 4.25. The monoisotopic (exact) mass is 258 g/mol. The second-order valence-corrected chi connectivity index (χ2v) is 5.57. The number of pyridine rings is 1. The Labute approximate surface area is 115 Å². The minimum atomic E-state index is 0.535. The van der Waals surface area contributed by atoms with Gasteiger partial charge in [0.2, 0.25) is 0 Å². The van der Waals surface area contributed by atoms with Gasteiger partial charge in [-0.25, -0.2) is 4.98 Å². The minimum Gasteiger partial charge on any atom is -0.359 e. The van der Waals surface area contributed by atoms with Gasteiger partial charge in [0.25, 0.3) is 0 Å². The van der Waals surface area contributed by atoms with Crippen LogP contribution >= 0.6 is 0 Å². The lowest BCUT2D eigenvalue weighted by Crippen LogP contribution is -2.36. The molecule has 0 aliphatic carbocycles. The average Bonchev–Trinajstić information content (AvgIpc) is 2.42. The van der Waals surface area contributed by atoms with Crippen LogP contribution in [0, 0.1) is 24.2 Å². The lowest BCUT2D eigenvalue weighted by molar-refractivity contribution is 0.222. The standard InChI is InChI=1S/C15H22N4/c1-12-4-5-15(17-14(12)10-16)19(3)11-13-6-8-18(2)9-7-13/h4-5,13H,6-9,11H2,1-3H3. The van der Waals surface area contributed by atoms with Gasteiger partial charge < -0.3 is 9.80 Å². The SMILES string of the molecule is Cc1ccc(N(C)CC2CCN(C)CC2)nc1C#N. The lowest BCUT2D eigenvalue weighted by Gasteiger charge is -2.32. The first kappa shape index (κ1) is 13.8. The molecular weight excluding hydrogens is 236 g/mol. The molecule has 0 aromatic carbocycles. The van der Waals surface area contributed by atoms with E-state index in [1.165, 1.54) is 25.9 Å². The fraction of sp³-hybridized carbons (Fsp3) is 0.600. The van der Waals surface area contributed by atoms with E-state index in [9.17, 15) is 0 Å². The number of hydrogen-bond acceptors (Lipinski definition) is 4. The molecule has 1 saturated heterocycles. The van der Waals surface area contributed by atoms with Crippen LogP contribution < -0.4 is 4.90 Å². The van der Waals surface area contributed by atoms with Gasteiger partial charge >= 0.3 is 0 Å². The van der Waals surface area contributed by atoms with Gasteiger partial charge in [0.15, 0.2) is 0 Å². The molecule has 0 unspecified atom stereocenters. The molecule has 4 heteroatoms. The Balaban J connectivity index is 2.00. The van der Waals surface area contributed by atoms with Gasteiger partial charge in [-0.2, -0.15) is 5.26 Å². The second kappa shape index (κ2) is 6.03. The smallest absolute Gasteiger partial charge is 0.145 e. The number of likely N-dealkylation sites (tertiary alicyclic amines) is 1. The molecule has 0 radical (unpaired) electrons. The minimum absolute atomic E-state index is 0.535. The van der Waals surface area contributed by atoms with Gasteiger partial charge in [0.1, 0.15) is 17.6 Å². The van der Waals surface area contributed by atoms with Crippen molar-refractivity contribution in [3.05, 3.63) is 23.4 Å². The third-order valence-corrected chi connectivity index (χ3v) is 3.95. The van der Waals surface area contributed by atoms with Crippen LogP contribution in [0.25, 0.3) is 0 Å². The van der Waals surface area contributed by atoms with Crippen molar-refractivity contribution in [1.29, 1.82) is 5.26 Å². The van der Waals surface area contributed by atoms with Gasteiger partial charge in [-0.3, -0.25) is 0 Å². The zero-order valence-electron chi connectivity index (χ0n) is 12.1. The number of nitrogens with zero attached hydrogens (tertiary/aromatic N) is 4. The van der Waals surface area contributed by atoms with Crippen LogP contribution in [-0.2, 0) is 0 Å². The number of nitriles is 1. The molecule has 4 nitrogen and oxygen atoms in total. The Hall–Kier alpha value is -1.60. The summed E-state index contributed by atoms with van der Waals surface area (Å²) in [5.41, 5.74) is 1.48. The maximum absolute atomic E-state index is 9.04. The first-order chi connectivity index (χ1) is 9.10. The molecule has 1 aromatic rings. The van der Waals surface area contributed by atoms with E-state index in [-0.39, 0.29) is 0 Å². The van der Waals surface area contributed by atoms with Crippen LogP contribution in [0.2, 0.25) is 0 Å². The van der Waals surface area contributed by atoms with Gasteiger partial charge in [-0.05, 0) is 57.5 Å². The Morgan fingerprint density at radius 3 is 2.74 bits per heavy atom. The molecule has 1 aliphatic heterocycles. The molecule has 0 bridgehead atoms. The summed E-state index contributed by atoms with van der Waals surface area (Å²) < 4.78 is 0. The molecule has 19 heavy (non-hydrogen) atoms. The molecule has 0 amide bonds. The molecule has 0 N–H and O–H groups in total. The zero-order chi connectivity index (χ0) is 13.8. The molecule has 1 aliphatic rings. The second-order valence-electron chi connectivity index (χ2n) is 5.57. The van der Waals surface area contributed by atoms with Crippen molar-refractivity contribution in [3.63, 3.8) is 0 Å². The van der Waals surface area contributed by atoms with E-state index >= 15 is 0 Å². The van der Waals surface area contributed by atoms with E-state index in [1.807, 2.05) is 19.1 Å². The topological polar surface area (TPSA) is 43.2 Å². The number of aromatic nitrogens is 1. The molecule has 0 saturated carbocycles. The summed E-state index contributed by atoms with van der Waals surface area (Å²) >= 11 is 0. The first-order valence-corrected chi connectivity index (χ1v) is 6.87. The summed E-state index contributed by atoms with van der Waals surface area (Å²) in [5.74, 6) is 1.64. The van der Waals surface area contributed by atoms with E-state index < -0.39 is 0 Å². The first-order valence-electron chi connectivity index (χ1n) is 6.87. The van der Waals surface area contributed by atoms with Crippen LogP contribution in [0.4, 0.5) is 5.82 Å². The van der Waals surface area contributed by atoms with Gasteiger partial charge in [-0.1, -0.05) is 6.07 Å². The quantitative estimate of drug-likeness (QED) is 0.832. The van der Waals surface area contributed by atoms with E-state index in [2.05, 4.69) is 34.9 Å². The number of rotatable bonds is 3. The molecular formula is C15H22N4. The highest BCUT2D eigenvalue weighted by Crippen LogP contribution is 2.20. The normalized spacial score (nSPS) is 17.2. The molecule has 102 valence electrons. The van der Waals surface area contributed by atoms with Crippen LogP contribution in [0.3, 0.4) is 0 Å². The third-order valence-electron chi connectivity index (χ3n) is 3.95. The summed E-state index contributed by atoms with van der Waals surface area (Å²) in [6, 6.07) is 6.14. The highest BCUT2D eigenvalue weighted by Gasteiger charge is 2.18. The van der Waals surface area contributed by atoms with Crippen LogP contribution in [-0.4, -0.2) is 43.6 Å². The van der Waals surface area contributed by atoms with Crippen molar-refractivity contribution in [2.45, 2.75) is 19.8 Å². The van der Waals surface area contributed by atoms with Crippen molar-refractivity contribution in [2.75, 3.05) is 38.6 Å². The molecule has 0 atom stereocenters. The number of anilines is 1. The van der Waals surface area contributed by atoms with Crippen LogP contribution in [0.1, 0.15) is 24.1 Å².